The molecule has 0 aliphatic heterocycles. The third kappa shape index (κ3) is 7.98. The number of thioether (sulfide) groups is 1. The van der Waals surface area contributed by atoms with Gasteiger partial charge >= 0.3 is 11.9 Å². The highest BCUT2D eigenvalue weighted by Crippen LogP contribution is 2.35. The van der Waals surface area contributed by atoms with E-state index in [1.807, 2.05) is 30.3 Å². The molecule has 0 aromatic heterocycles. The van der Waals surface area contributed by atoms with Crippen molar-refractivity contribution in [1.29, 1.82) is 0 Å². The van der Waals surface area contributed by atoms with Crippen molar-refractivity contribution in [3.8, 4) is 0 Å². The summed E-state index contributed by atoms with van der Waals surface area (Å²) in [5, 5.41) is 21.1. The van der Waals surface area contributed by atoms with Gasteiger partial charge in [-0.25, -0.2) is 4.79 Å². The first-order valence-corrected chi connectivity index (χ1v) is 11.6. The molecule has 0 bridgehead atoms. The lowest BCUT2D eigenvalue weighted by molar-refractivity contribution is -0.149. The van der Waals surface area contributed by atoms with Gasteiger partial charge in [-0.2, -0.15) is 11.8 Å². The molecule has 186 valence electrons. The number of carboxylic acids is 2. The maximum atomic E-state index is 13.4. The first kappa shape index (κ1) is 29.4. The number of benzene rings is 1. The molecule has 4 atom stereocenters. The number of nitrogens with two attached hydrogens (primary N) is 2. The van der Waals surface area contributed by atoms with E-state index in [9.17, 15) is 24.3 Å². The van der Waals surface area contributed by atoms with E-state index in [4.69, 9.17) is 16.6 Å². The molecule has 34 heavy (non-hydrogen) atoms. The Morgan fingerprint density at radius 3 is 2.26 bits per heavy atom. The molecule has 1 aliphatic carbocycles. The lowest BCUT2D eigenvalue weighted by Crippen LogP contribution is -2.59. The Morgan fingerprint density at radius 2 is 1.71 bits per heavy atom. The van der Waals surface area contributed by atoms with Crippen LogP contribution in [0, 0.1) is 5.41 Å². The zero-order valence-corrected chi connectivity index (χ0v) is 20.1. The molecule has 11 heteroatoms. The van der Waals surface area contributed by atoms with Crippen LogP contribution in [0.2, 0.25) is 0 Å². The number of hydrogen-bond donors (Lipinski definition) is 5. The fourth-order valence-corrected chi connectivity index (χ4v) is 4.48. The van der Waals surface area contributed by atoms with Gasteiger partial charge in [-0.15, -0.1) is 12.4 Å². The van der Waals surface area contributed by atoms with Crippen LogP contribution in [-0.4, -0.2) is 57.7 Å². The van der Waals surface area contributed by atoms with Gasteiger partial charge in [-0.1, -0.05) is 54.6 Å². The molecular formula is C23H30ClN3O6S. The van der Waals surface area contributed by atoms with Crippen LogP contribution in [-0.2, 0) is 24.9 Å². The number of ketones is 1. The summed E-state index contributed by atoms with van der Waals surface area (Å²) < 4.78 is 0. The Balaban J connectivity index is 0.00000578. The largest absolute Gasteiger partial charge is 0.480 e. The zero-order valence-electron chi connectivity index (χ0n) is 18.5. The molecule has 1 amide bonds. The van der Waals surface area contributed by atoms with E-state index < -0.39 is 47.2 Å². The minimum atomic E-state index is -1.56. The van der Waals surface area contributed by atoms with Crippen molar-refractivity contribution in [2.24, 2.45) is 16.9 Å². The van der Waals surface area contributed by atoms with Crippen LogP contribution < -0.4 is 16.8 Å². The quantitative estimate of drug-likeness (QED) is 0.263. The van der Waals surface area contributed by atoms with E-state index in [1.54, 1.807) is 18.2 Å². The monoisotopic (exact) mass is 511 g/mol. The predicted molar refractivity (Wildman–Crippen MR) is 133 cm³/mol. The molecule has 1 aromatic carbocycles. The summed E-state index contributed by atoms with van der Waals surface area (Å²) in [6.45, 7) is 0. The molecule has 1 aliphatic rings. The van der Waals surface area contributed by atoms with Gasteiger partial charge in [0.05, 0.1) is 11.5 Å². The van der Waals surface area contributed by atoms with Gasteiger partial charge in [-0.3, -0.25) is 14.4 Å². The summed E-state index contributed by atoms with van der Waals surface area (Å²) in [6.07, 6.45) is 5.98. The maximum Gasteiger partial charge on any atom is 0.327 e. The average Bonchev–Trinajstić information content (AvgIpc) is 2.81. The smallest absolute Gasteiger partial charge is 0.327 e. The summed E-state index contributed by atoms with van der Waals surface area (Å²) in [6, 6.07) is 5.90. The molecule has 0 saturated heterocycles. The van der Waals surface area contributed by atoms with Crippen molar-refractivity contribution >= 4 is 47.8 Å². The van der Waals surface area contributed by atoms with E-state index in [0.29, 0.717) is 5.75 Å². The van der Waals surface area contributed by atoms with E-state index in [-0.39, 0.29) is 37.4 Å². The Hall–Kier alpha value is -2.66. The van der Waals surface area contributed by atoms with Crippen molar-refractivity contribution in [1.82, 2.24) is 5.32 Å². The Labute approximate surface area is 208 Å². The van der Waals surface area contributed by atoms with Gasteiger partial charge in [-0.05, 0) is 18.4 Å². The van der Waals surface area contributed by atoms with Gasteiger partial charge in [0.25, 0.3) is 0 Å². The molecule has 0 spiro atoms. The Morgan fingerprint density at radius 1 is 1.03 bits per heavy atom. The normalized spacial score (nSPS) is 19.4. The summed E-state index contributed by atoms with van der Waals surface area (Å²) >= 11 is 1.46. The molecule has 7 N–H and O–H groups in total. The van der Waals surface area contributed by atoms with Crippen molar-refractivity contribution in [3.63, 3.8) is 0 Å². The van der Waals surface area contributed by atoms with E-state index in [0.717, 1.165) is 5.56 Å². The molecule has 0 saturated carbocycles. The number of halogens is 1. The number of amides is 1. The minimum absolute atomic E-state index is 0. The van der Waals surface area contributed by atoms with Crippen LogP contribution in [0.25, 0.3) is 0 Å². The summed E-state index contributed by atoms with van der Waals surface area (Å²) in [5.74, 6) is -2.92. The third-order valence-corrected chi connectivity index (χ3v) is 6.50. The fraction of sp³-hybridized carbons (Fsp3) is 0.391. The Bertz CT molecular complexity index is 927. The third-order valence-electron chi connectivity index (χ3n) is 5.37. The van der Waals surface area contributed by atoms with Gasteiger partial charge in [0, 0.05) is 17.9 Å². The Kier molecular flexibility index (Phi) is 12.0. The number of nitrogens with one attached hydrogen (secondary N) is 1. The van der Waals surface area contributed by atoms with Crippen LogP contribution in [0.5, 0.6) is 0 Å². The second-order valence-corrected chi connectivity index (χ2v) is 8.86. The summed E-state index contributed by atoms with van der Waals surface area (Å²) in [5.41, 5.74) is 11.1. The number of carbonyl (C=O) groups excluding carboxylic acids is 2. The molecule has 0 heterocycles. The highest BCUT2D eigenvalue weighted by molar-refractivity contribution is 7.98. The van der Waals surface area contributed by atoms with E-state index in [1.165, 1.54) is 17.8 Å². The number of carboxylic acid groups (broad SMARTS) is 2. The fourth-order valence-electron chi connectivity index (χ4n) is 3.53. The molecule has 1 unspecified atom stereocenters. The second-order valence-electron chi connectivity index (χ2n) is 7.83. The number of Topliss-reactive ketones (excluding diaryl/α,β-unsaturated/α-hetero) is 1. The standard InChI is InChI=1S/C23H29N3O6S.ClH/c24-16(21(29)30)9-10-18(27)26-19(22(31)32)23(11-5-2-6-12-23)20(28)17(25)14-33-13-15-7-3-1-4-8-15;/h1-8,11,16-17,19H,9-10,12-14,24-25H2,(H,26,27)(H,29,30)(H,31,32);1H/t16-,17-,19-,23?;/m0./s1. The maximum absolute atomic E-state index is 13.4. The molecule has 1 aromatic rings. The van der Waals surface area contributed by atoms with Crippen LogP contribution in [0.3, 0.4) is 0 Å². The van der Waals surface area contributed by atoms with Crippen molar-refractivity contribution in [3.05, 3.63) is 60.2 Å². The molecule has 0 fully saturated rings. The van der Waals surface area contributed by atoms with Crippen LogP contribution in [0.4, 0.5) is 0 Å². The van der Waals surface area contributed by atoms with Crippen molar-refractivity contribution < 1.29 is 29.4 Å². The number of aliphatic carboxylic acids is 2. The van der Waals surface area contributed by atoms with Crippen LogP contribution >= 0.6 is 24.2 Å². The SMILES string of the molecule is Cl.N[C@@H](CCC(=O)N[C@@H](C(=O)O)C1(C(=O)[C@@H](N)CSCc2ccccc2)C=CC=CC1)C(=O)O. The zero-order chi connectivity index (χ0) is 24.4. The minimum Gasteiger partial charge on any atom is -0.480 e. The first-order valence-electron chi connectivity index (χ1n) is 10.4. The number of rotatable bonds is 13. The van der Waals surface area contributed by atoms with Crippen molar-refractivity contribution in [2.75, 3.05) is 5.75 Å². The molecular weight excluding hydrogens is 482 g/mol. The molecule has 9 nitrogen and oxygen atoms in total. The first-order chi connectivity index (χ1) is 15.7. The van der Waals surface area contributed by atoms with Gasteiger partial charge in [0.15, 0.2) is 5.78 Å². The highest BCUT2D eigenvalue weighted by Gasteiger charge is 2.49. The van der Waals surface area contributed by atoms with Gasteiger partial charge in [0.1, 0.15) is 12.1 Å². The van der Waals surface area contributed by atoms with Crippen molar-refractivity contribution in [2.45, 2.75) is 43.1 Å². The topological polar surface area (TPSA) is 173 Å². The van der Waals surface area contributed by atoms with E-state index >= 15 is 0 Å². The number of allylic oxidation sites excluding steroid dienone is 3. The van der Waals surface area contributed by atoms with Crippen LogP contribution in [0.15, 0.2) is 54.6 Å². The molecule has 2 rings (SSSR count). The number of hydrogen-bond acceptors (Lipinski definition) is 7. The highest BCUT2D eigenvalue weighted by atomic mass is 35.5. The lowest BCUT2D eigenvalue weighted by atomic mass is 9.70. The summed E-state index contributed by atoms with van der Waals surface area (Å²) in [7, 11) is 0. The van der Waals surface area contributed by atoms with Gasteiger partial charge in [0.2, 0.25) is 5.91 Å². The second kappa shape index (κ2) is 13.9. The van der Waals surface area contributed by atoms with E-state index in [2.05, 4.69) is 5.32 Å². The van der Waals surface area contributed by atoms with Crippen LogP contribution in [0.1, 0.15) is 24.8 Å². The molecule has 0 radical (unpaired) electrons. The average molecular weight is 512 g/mol. The van der Waals surface area contributed by atoms with Gasteiger partial charge < -0.3 is 27.0 Å². The summed E-state index contributed by atoms with van der Waals surface area (Å²) in [4.78, 5) is 48.8. The lowest BCUT2D eigenvalue weighted by Gasteiger charge is -2.37. The predicted octanol–water partition coefficient (Wildman–Crippen LogP) is 1.50. The number of carbonyl (C=O) groups is 4.